The summed E-state index contributed by atoms with van der Waals surface area (Å²) in [7, 11) is 0. The fourth-order valence-corrected chi connectivity index (χ4v) is 10.4. The van der Waals surface area contributed by atoms with Gasteiger partial charge in [0.1, 0.15) is 11.2 Å². The van der Waals surface area contributed by atoms with Crippen LogP contribution in [0.2, 0.25) is 0 Å². The Hall–Kier alpha value is -9.13. The first-order valence-electron chi connectivity index (χ1n) is 22.6. The van der Waals surface area contributed by atoms with Crippen LogP contribution in [-0.2, 0) is 0 Å². The topological polar surface area (TPSA) is 61.7 Å². The van der Waals surface area contributed by atoms with Gasteiger partial charge in [0, 0.05) is 54.7 Å². The lowest BCUT2D eigenvalue weighted by Crippen LogP contribution is -2.07. The van der Waals surface area contributed by atoms with E-state index in [-0.39, 0.29) is 0 Å². The van der Waals surface area contributed by atoms with Gasteiger partial charge in [-0.3, -0.25) is 4.57 Å². The molecule has 0 amide bonds. The number of benzene rings is 10. The Labute approximate surface area is 384 Å². The fraction of sp³-hybridized carbons (Fsp3) is 0. The van der Waals surface area contributed by atoms with Crippen LogP contribution in [0.25, 0.3) is 133 Å². The van der Waals surface area contributed by atoms with Gasteiger partial charge in [-0.2, -0.15) is 9.97 Å². The molecule has 0 unspecified atom stereocenters. The lowest BCUT2D eigenvalue weighted by atomic mass is 9.96. The first-order chi connectivity index (χ1) is 33.2. The molecule has 0 atom stereocenters. The Morgan fingerprint density at radius 2 is 0.881 bits per heavy atom. The monoisotopic (exact) mass is 855 g/mol. The van der Waals surface area contributed by atoms with E-state index in [9.17, 15) is 0 Å². The second-order valence-corrected chi connectivity index (χ2v) is 17.2. The normalized spacial score (nSPS) is 11.9. The van der Waals surface area contributed by atoms with Crippen LogP contribution in [-0.4, -0.2) is 24.1 Å². The minimum atomic E-state index is 0.539. The van der Waals surface area contributed by atoms with E-state index < -0.39 is 0 Å². The first kappa shape index (κ1) is 37.3. The predicted molar refractivity (Wildman–Crippen MR) is 275 cm³/mol. The van der Waals surface area contributed by atoms with Gasteiger partial charge in [-0.25, -0.2) is 4.98 Å². The number of rotatable bonds is 6. The zero-order valence-corrected chi connectivity index (χ0v) is 36.0. The van der Waals surface area contributed by atoms with E-state index in [4.69, 9.17) is 19.4 Å². The molecular weight excluding hydrogens is 819 g/mol. The van der Waals surface area contributed by atoms with Crippen molar-refractivity contribution in [3.63, 3.8) is 0 Å². The van der Waals surface area contributed by atoms with Crippen LogP contribution in [0.1, 0.15) is 0 Å². The van der Waals surface area contributed by atoms with Crippen LogP contribution in [0.15, 0.2) is 229 Å². The van der Waals surface area contributed by atoms with Crippen molar-refractivity contribution in [1.29, 1.82) is 0 Å². The molecule has 6 nitrogen and oxygen atoms in total. The molecule has 0 aliphatic carbocycles. The van der Waals surface area contributed by atoms with Gasteiger partial charge < -0.3 is 8.98 Å². The highest BCUT2D eigenvalue weighted by Crippen LogP contribution is 2.45. The average molecular weight is 856 g/mol. The lowest BCUT2D eigenvalue weighted by Gasteiger charge is -2.15. The first-order valence-corrected chi connectivity index (χ1v) is 22.6. The maximum atomic E-state index is 6.81. The van der Waals surface area contributed by atoms with E-state index in [0.717, 1.165) is 105 Å². The molecule has 0 aliphatic heterocycles. The molecule has 4 aromatic heterocycles. The summed E-state index contributed by atoms with van der Waals surface area (Å²) in [5.41, 5.74) is 13.1. The van der Waals surface area contributed by atoms with Crippen molar-refractivity contribution in [1.82, 2.24) is 24.1 Å². The molecule has 0 saturated carbocycles. The third-order valence-corrected chi connectivity index (χ3v) is 13.4. The van der Waals surface area contributed by atoms with Gasteiger partial charge in [-0.1, -0.05) is 188 Å². The highest BCUT2D eigenvalue weighted by molar-refractivity contribution is 6.24. The number of aromatic nitrogens is 5. The molecule has 6 heteroatoms. The summed E-state index contributed by atoms with van der Waals surface area (Å²) in [4.78, 5) is 16.0. The summed E-state index contributed by atoms with van der Waals surface area (Å²) < 4.78 is 11.5. The van der Waals surface area contributed by atoms with Gasteiger partial charge in [-0.05, 0) is 63.9 Å². The summed E-state index contributed by atoms with van der Waals surface area (Å²) in [6.45, 7) is 0. The zero-order chi connectivity index (χ0) is 44.0. The Balaban J connectivity index is 1.11. The largest absolute Gasteiger partial charge is 0.455 e. The molecule has 0 saturated heterocycles. The maximum absolute atomic E-state index is 6.81. The summed E-state index contributed by atoms with van der Waals surface area (Å²) in [6, 6.07) is 79.2. The van der Waals surface area contributed by atoms with E-state index in [1.807, 2.05) is 30.3 Å². The predicted octanol–water partition coefficient (Wildman–Crippen LogP) is 15.8. The number of hydrogen-bond acceptors (Lipinski definition) is 4. The van der Waals surface area contributed by atoms with Crippen molar-refractivity contribution in [2.75, 3.05) is 0 Å². The third-order valence-electron chi connectivity index (χ3n) is 13.4. The van der Waals surface area contributed by atoms with Gasteiger partial charge in [0.2, 0.25) is 5.95 Å². The van der Waals surface area contributed by atoms with Gasteiger partial charge in [0.25, 0.3) is 0 Å². The zero-order valence-electron chi connectivity index (χ0n) is 36.0. The molecule has 312 valence electrons. The van der Waals surface area contributed by atoms with Crippen LogP contribution >= 0.6 is 0 Å². The minimum absolute atomic E-state index is 0.539. The average Bonchev–Trinajstić information content (AvgIpc) is 4.07. The van der Waals surface area contributed by atoms with E-state index >= 15 is 0 Å². The summed E-state index contributed by atoms with van der Waals surface area (Å²) in [5, 5.41) is 8.97. The summed E-state index contributed by atoms with van der Waals surface area (Å²) in [6.07, 6.45) is 0. The Kier molecular flexibility index (Phi) is 8.18. The molecule has 0 N–H and O–H groups in total. The van der Waals surface area contributed by atoms with Crippen molar-refractivity contribution < 1.29 is 4.42 Å². The maximum Gasteiger partial charge on any atom is 0.238 e. The van der Waals surface area contributed by atoms with Gasteiger partial charge in [0.15, 0.2) is 11.6 Å². The van der Waals surface area contributed by atoms with Gasteiger partial charge in [-0.15, -0.1) is 0 Å². The Bertz CT molecular complexity index is 4270. The fourth-order valence-electron chi connectivity index (χ4n) is 10.4. The van der Waals surface area contributed by atoms with E-state index in [2.05, 4.69) is 203 Å². The molecule has 10 aromatic carbocycles. The number of furan rings is 1. The van der Waals surface area contributed by atoms with E-state index in [1.165, 1.54) is 10.8 Å². The SMILES string of the molecule is c1ccc(-c2cccc(-c3nc(-c4ccccc4)nc(-n4c5ccccc5c5ccc6c7ccccc7n(-c7cc(-c8cccc9ccccc89)c8oc9ccccc9c8c7)c6c54)n3)c2)cc1. The second-order valence-electron chi connectivity index (χ2n) is 17.2. The third kappa shape index (κ3) is 5.80. The quantitative estimate of drug-likeness (QED) is 0.167. The molecule has 0 spiro atoms. The van der Waals surface area contributed by atoms with Crippen molar-refractivity contribution in [3.8, 4) is 56.7 Å². The van der Waals surface area contributed by atoms with Gasteiger partial charge >= 0.3 is 0 Å². The minimum Gasteiger partial charge on any atom is -0.455 e. The molecule has 4 heterocycles. The molecule has 0 radical (unpaired) electrons. The Morgan fingerprint density at radius 3 is 1.64 bits per heavy atom. The van der Waals surface area contributed by atoms with Crippen molar-refractivity contribution in [3.05, 3.63) is 224 Å². The Morgan fingerprint density at radius 1 is 0.328 bits per heavy atom. The van der Waals surface area contributed by atoms with Crippen molar-refractivity contribution >= 4 is 76.3 Å². The molecular formula is C61H37N5O. The molecule has 14 aromatic rings. The molecule has 14 rings (SSSR count). The highest BCUT2D eigenvalue weighted by atomic mass is 16.3. The van der Waals surface area contributed by atoms with Crippen LogP contribution in [0.3, 0.4) is 0 Å². The number of nitrogens with zero attached hydrogens (tertiary/aromatic N) is 5. The number of para-hydroxylation sites is 3. The van der Waals surface area contributed by atoms with E-state index in [0.29, 0.717) is 17.6 Å². The van der Waals surface area contributed by atoms with Gasteiger partial charge in [0.05, 0.1) is 22.1 Å². The second kappa shape index (κ2) is 14.7. The molecule has 0 aliphatic rings. The number of fused-ring (bicyclic) bond motifs is 11. The smallest absolute Gasteiger partial charge is 0.238 e. The summed E-state index contributed by atoms with van der Waals surface area (Å²) >= 11 is 0. The summed E-state index contributed by atoms with van der Waals surface area (Å²) in [5.74, 6) is 1.73. The highest BCUT2D eigenvalue weighted by Gasteiger charge is 2.25. The van der Waals surface area contributed by atoms with E-state index in [1.54, 1.807) is 0 Å². The van der Waals surface area contributed by atoms with Crippen LogP contribution < -0.4 is 0 Å². The van der Waals surface area contributed by atoms with Crippen LogP contribution in [0, 0.1) is 0 Å². The van der Waals surface area contributed by atoms with Crippen LogP contribution in [0.4, 0.5) is 0 Å². The molecule has 0 fully saturated rings. The number of hydrogen-bond donors (Lipinski definition) is 0. The molecule has 0 bridgehead atoms. The standard InChI is InChI=1S/C61H37N5O/c1-3-17-38(18-4-1)41-23-15-24-42(35-41)60-62-59(40-20-5-2-6-21-40)63-61(64-60)66-54-31-13-10-27-47(54)50-34-33-49-46-26-9-12-30-53(46)65(56(49)57(50)66)43-36-51(45-29-16-22-39-19-7-8-25-44(39)45)58-52(37-43)48-28-11-14-32-55(48)67-58/h1-37H. The van der Waals surface area contributed by atoms with Crippen molar-refractivity contribution in [2.24, 2.45) is 0 Å². The van der Waals surface area contributed by atoms with Crippen molar-refractivity contribution in [2.45, 2.75) is 0 Å². The lowest BCUT2D eigenvalue weighted by molar-refractivity contribution is 0.670. The van der Waals surface area contributed by atoms with Crippen LogP contribution in [0.5, 0.6) is 0 Å². The molecule has 67 heavy (non-hydrogen) atoms.